The number of rotatable bonds is 9. The van der Waals surface area contributed by atoms with Gasteiger partial charge in [0.2, 0.25) is 13.6 Å². The zero-order valence-electron chi connectivity index (χ0n) is 22.2. The summed E-state index contributed by atoms with van der Waals surface area (Å²) in [6.45, 7) is 9.31. The Hall–Kier alpha value is -4.13. The summed E-state index contributed by atoms with van der Waals surface area (Å²) in [5.41, 5.74) is 5.70. The molecule has 0 bridgehead atoms. The first-order valence-electron chi connectivity index (χ1n) is 13.3. The minimum atomic E-state index is 0.266. The van der Waals surface area contributed by atoms with Crippen LogP contribution in [-0.2, 0) is 19.6 Å². The molecule has 7 heteroatoms. The van der Waals surface area contributed by atoms with Gasteiger partial charge in [-0.2, -0.15) is 0 Å². The summed E-state index contributed by atoms with van der Waals surface area (Å²) < 4.78 is 24.9. The van der Waals surface area contributed by atoms with Crippen LogP contribution in [0.1, 0.15) is 42.1 Å². The van der Waals surface area contributed by atoms with E-state index in [4.69, 9.17) is 23.9 Å². The molecule has 3 aromatic carbocycles. The van der Waals surface area contributed by atoms with Gasteiger partial charge in [0.05, 0.1) is 5.69 Å². The second kappa shape index (κ2) is 10.3. The van der Waals surface area contributed by atoms with Crippen LogP contribution in [0, 0.1) is 13.8 Å². The van der Waals surface area contributed by atoms with E-state index in [1.54, 1.807) is 0 Å². The summed E-state index contributed by atoms with van der Waals surface area (Å²) in [6.07, 6.45) is 2.18. The molecule has 4 aromatic rings. The number of unbranched alkanes of at least 4 members (excludes halogenated alkanes) is 1. The van der Waals surface area contributed by atoms with E-state index < -0.39 is 0 Å². The van der Waals surface area contributed by atoms with E-state index in [-0.39, 0.29) is 13.6 Å². The molecule has 38 heavy (non-hydrogen) atoms. The Balaban J connectivity index is 1.44. The number of aryl methyl sites for hydroxylation is 2. The second-order valence-electron chi connectivity index (χ2n) is 9.90. The van der Waals surface area contributed by atoms with Crippen LogP contribution in [0.2, 0.25) is 0 Å². The molecule has 1 aromatic heterocycles. The fourth-order valence-electron chi connectivity index (χ4n) is 5.25. The lowest BCUT2D eigenvalue weighted by Gasteiger charge is -2.28. The Kier molecular flexibility index (Phi) is 6.58. The molecule has 0 unspecified atom stereocenters. The van der Waals surface area contributed by atoms with Crippen LogP contribution in [0.4, 0.5) is 5.82 Å². The van der Waals surface area contributed by atoms with Gasteiger partial charge in [0.1, 0.15) is 11.6 Å². The van der Waals surface area contributed by atoms with E-state index in [0.717, 1.165) is 70.8 Å². The zero-order valence-corrected chi connectivity index (χ0v) is 22.2. The van der Waals surface area contributed by atoms with Crippen LogP contribution >= 0.6 is 0 Å². The Labute approximate surface area is 223 Å². The van der Waals surface area contributed by atoms with Gasteiger partial charge in [-0.25, -0.2) is 4.98 Å². The van der Waals surface area contributed by atoms with Crippen LogP contribution in [0.3, 0.4) is 0 Å². The highest BCUT2D eigenvalue weighted by Crippen LogP contribution is 2.37. The number of imidazole rings is 1. The third-order valence-electron chi connectivity index (χ3n) is 7.15. The third-order valence-corrected chi connectivity index (χ3v) is 7.15. The first kappa shape index (κ1) is 24.2. The van der Waals surface area contributed by atoms with Gasteiger partial charge < -0.3 is 28.4 Å². The quantitative estimate of drug-likeness (QED) is 0.251. The Bertz CT molecular complexity index is 1400. The number of benzene rings is 3. The lowest BCUT2D eigenvalue weighted by molar-refractivity contribution is 0.173. The molecule has 0 aliphatic carbocycles. The molecule has 6 rings (SSSR count). The van der Waals surface area contributed by atoms with Gasteiger partial charge in [-0.15, -0.1) is 0 Å². The SMILES string of the molecule is CCCCn1c(-c2ccccc2C)nc(C)c1N(Cc1ccc2c(c1)OCO2)Cc1ccc2c(c1)OCO2. The zero-order chi connectivity index (χ0) is 26.1. The van der Waals surface area contributed by atoms with Gasteiger partial charge in [-0.3, -0.25) is 0 Å². The van der Waals surface area contributed by atoms with Crippen molar-refractivity contribution >= 4 is 5.82 Å². The van der Waals surface area contributed by atoms with Crippen molar-refractivity contribution in [3.8, 4) is 34.4 Å². The average molecular weight is 512 g/mol. The van der Waals surface area contributed by atoms with Crippen molar-refractivity contribution in [2.75, 3.05) is 18.5 Å². The van der Waals surface area contributed by atoms with E-state index in [1.165, 1.54) is 11.1 Å². The molecule has 2 aliphatic rings. The molecular weight excluding hydrogens is 478 g/mol. The Morgan fingerprint density at radius 2 is 1.39 bits per heavy atom. The molecule has 0 atom stereocenters. The van der Waals surface area contributed by atoms with Gasteiger partial charge in [0, 0.05) is 25.2 Å². The maximum absolute atomic E-state index is 5.68. The van der Waals surface area contributed by atoms with Crippen LogP contribution in [-0.4, -0.2) is 23.1 Å². The van der Waals surface area contributed by atoms with Crippen molar-refractivity contribution in [2.24, 2.45) is 0 Å². The van der Waals surface area contributed by atoms with Crippen LogP contribution in [0.5, 0.6) is 23.0 Å². The highest BCUT2D eigenvalue weighted by molar-refractivity contribution is 5.65. The van der Waals surface area contributed by atoms with E-state index >= 15 is 0 Å². The van der Waals surface area contributed by atoms with E-state index in [2.05, 4.69) is 78.8 Å². The maximum atomic E-state index is 5.68. The van der Waals surface area contributed by atoms with Gasteiger partial charge in [-0.1, -0.05) is 49.7 Å². The molecule has 196 valence electrons. The van der Waals surface area contributed by atoms with Gasteiger partial charge >= 0.3 is 0 Å². The fraction of sp³-hybridized carbons (Fsp3) is 0.323. The summed E-state index contributed by atoms with van der Waals surface area (Å²) in [4.78, 5) is 7.56. The van der Waals surface area contributed by atoms with Crippen molar-refractivity contribution in [1.82, 2.24) is 9.55 Å². The van der Waals surface area contributed by atoms with Crippen molar-refractivity contribution < 1.29 is 18.9 Å². The van der Waals surface area contributed by atoms with Crippen LogP contribution < -0.4 is 23.8 Å². The molecular formula is C31H33N3O4. The van der Waals surface area contributed by atoms with Gasteiger partial charge in [0.15, 0.2) is 23.0 Å². The predicted molar refractivity (Wildman–Crippen MR) is 147 cm³/mol. The average Bonchev–Trinajstić information content (AvgIpc) is 3.65. The molecule has 7 nitrogen and oxygen atoms in total. The van der Waals surface area contributed by atoms with Crippen molar-refractivity contribution in [3.63, 3.8) is 0 Å². The fourth-order valence-corrected chi connectivity index (χ4v) is 5.25. The maximum Gasteiger partial charge on any atom is 0.231 e. The van der Waals surface area contributed by atoms with Gasteiger partial charge in [0.25, 0.3) is 0 Å². The molecule has 0 amide bonds. The molecule has 0 radical (unpaired) electrons. The Morgan fingerprint density at radius 3 is 2.00 bits per heavy atom. The number of hydrogen-bond donors (Lipinski definition) is 0. The number of anilines is 1. The highest BCUT2D eigenvalue weighted by atomic mass is 16.7. The summed E-state index contributed by atoms with van der Waals surface area (Å²) >= 11 is 0. The summed E-state index contributed by atoms with van der Waals surface area (Å²) in [5.74, 6) is 5.33. The lowest BCUT2D eigenvalue weighted by atomic mass is 10.1. The van der Waals surface area contributed by atoms with Gasteiger partial charge in [-0.05, 0) is 61.2 Å². The number of nitrogens with zero attached hydrogens (tertiary/aromatic N) is 3. The summed E-state index contributed by atoms with van der Waals surface area (Å²) in [7, 11) is 0. The minimum Gasteiger partial charge on any atom is -0.454 e. The monoisotopic (exact) mass is 511 g/mol. The van der Waals surface area contributed by atoms with Crippen LogP contribution in [0.25, 0.3) is 11.4 Å². The second-order valence-corrected chi connectivity index (χ2v) is 9.90. The predicted octanol–water partition coefficient (Wildman–Crippen LogP) is 6.63. The summed E-state index contributed by atoms with van der Waals surface area (Å²) in [6, 6.07) is 20.9. The molecule has 0 spiro atoms. The summed E-state index contributed by atoms with van der Waals surface area (Å²) in [5, 5.41) is 0. The topological polar surface area (TPSA) is 58.0 Å². The molecule has 0 saturated carbocycles. The third kappa shape index (κ3) is 4.64. The Morgan fingerprint density at radius 1 is 0.789 bits per heavy atom. The van der Waals surface area contributed by atoms with E-state index in [9.17, 15) is 0 Å². The molecule has 0 N–H and O–H groups in total. The first-order chi connectivity index (χ1) is 18.6. The van der Waals surface area contributed by atoms with E-state index in [1.807, 2.05) is 12.1 Å². The van der Waals surface area contributed by atoms with E-state index in [0.29, 0.717) is 13.1 Å². The number of hydrogen-bond acceptors (Lipinski definition) is 6. The highest BCUT2D eigenvalue weighted by Gasteiger charge is 2.24. The normalized spacial score (nSPS) is 13.2. The molecule has 0 fully saturated rings. The number of aromatic nitrogens is 2. The first-order valence-corrected chi connectivity index (χ1v) is 13.3. The minimum absolute atomic E-state index is 0.266. The van der Waals surface area contributed by atoms with Crippen molar-refractivity contribution in [2.45, 2.75) is 53.2 Å². The smallest absolute Gasteiger partial charge is 0.231 e. The number of ether oxygens (including phenoxy) is 4. The van der Waals surface area contributed by atoms with Crippen molar-refractivity contribution in [3.05, 3.63) is 83.0 Å². The standard InChI is InChI=1S/C31H33N3O4/c1-4-5-14-34-30(25-9-7-6-8-21(25)2)32-22(3)31(34)33(17-23-10-12-26-28(15-23)37-19-35-26)18-24-11-13-27-29(16-24)38-20-36-27/h6-13,15-16H,4-5,14,17-20H2,1-3H3. The van der Waals surface area contributed by atoms with Crippen LogP contribution in [0.15, 0.2) is 60.7 Å². The molecule has 0 saturated heterocycles. The van der Waals surface area contributed by atoms with Crippen molar-refractivity contribution in [1.29, 1.82) is 0 Å². The lowest BCUT2D eigenvalue weighted by Crippen LogP contribution is -2.26. The molecule has 2 aliphatic heterocycles. The largest absolute Gasteiger partial charge is 0.454 e. The number of fused-ring (bicyclic) bond motifs is 2. The molecule has 3 heterocycles.